The van der Waals surface area contributed by atoms with Crippen LogP contribution in [0, 0.1) is 6.92 Å². The van der Waals surface area contributed by atoms with Crippen molar-refractivity contribution in [3.8, 4) is 0 Å². The SMILES string of the molecule is Cc1cccc(N)c1S(=O)(=O)NCc1ccno1. The first-order chi connectivity index (χ1) is 8.50. The van der Waals surface area contributed by atoms with Crippen LogP contribution in [-0.4, -0.2) is 13.6 Å². The molecule has 0 atom stereocenters. The molecule has 2 aromatic rings. The number of hydrogen-bond donors (Lipinski definition) is 2. The highest BCUT2D eigenvalue weighted by Crippen LogP contribution is 2.22. The van der Waals surface area contributed by atoms with Gasteiger partial charge in [0.25, 0.3) is 0 Å². The van der Waals surface area contributed by atoms with Crippen LogP contribution < -0.4 is 10.5 Å². The Hall–Kier alpha value is -1.86. The van der Waals surface area contributed by atoms with E-state index in [1.165, 1.54) is 6.20 Å². The Morgan fingerprint density at radius 3 is 2.78 bits per heavy atom. The van der Waals surface area contributed by atoms with Crippen molar-refractivity contribution in [1.82, 2.24) is 9.88 Å². The van der Waals surface area contributed by atoms with Crippen molar-refractivity contribution >= 4 is 15.7 Å². The fourth-order valence-electron chi connectivity index (χ4n) is 1.61. The highest BCUT2D eigenvalue weighted by atomic mass is 32.2. The summed E-state index contributed by atoms with van der Waals surface area (Å²) in [6, 6.07) is 6.54. The number of benzene rings is 1. The summed E-state index contributed by atoms with van der Waals surface area (Å²) in [6.07, 6.45) is 1.45. The Labute approximate surface area is 105 Å². The van der Waals surface area contributed by atoms with Crippen molar-refractivity contribution in [3.63, 3.8) is 0 Å². The van der Waals surface area contributed by atoms with Gasteiger partial charge in [0, 0.05) is 6.07 Å². The van der Waals surface area contributed by atoms with E-state index in [2.05, 4.69) is 9.88 Å². The van der Waals surface area contributed by atoms with E-state index in [0.29, 0.717) is 11.3 Å². The van der Waals surface area contributed by atoms with Gasteiger partial charge in [-0.15, -0.1) is 0 Å². The Bertz CT molecular complexity index is 615. The second kappa shape index (κ2) is 4.79. The van der Waals surface area contributed by atoms with E-state index in [1.54, 1.807) is 31.2 Å². The molecule has 0 aliphatic rings. The zero-order valence-electron chi connectivity index (χ0n) is 9.75. The number of hydrogen-bond acceptors (Lipinski definition) is 5. The van der Waals surface area contributed by atoms with Gasteiger partial charge in [-0.25, -0.2) is 13.1 Å². The predicted octanol–water partition coefficient (Wildman–Crippen LogP) is 1.04. The topological polar surface area (TPSA) is 98.2 Å². The molecule has 3 N–H and O–H groups in total. The molecule has 0 saturated heterocycles. The molecule has 1 heterocycles. The number of nitrogens with two attached hydrogens (primary N) is 1. The Morgan fingerprint density at radius 2 is 2.17 bits per heavy atom. The van der Waals surface area contributed by atoms with E-state index in [0.717, 1.165) is 0 Å². The van der Waals surface area contributed by atoms with Gasteiger partial charge in [-0.3, -0.25) is 0 Å². The average Bonchev–Trinajstić information content (AvgIpc) is 2.78. The standard InChI is InChI=1S/C11H13N3O3S/c1-8-3-2-4-10(12)11(8)18(15,16)14-7-9-5-6-13-17-9/h2-6,14H,7,12H2,1H3. The van der Waals surface area contributed by atoms with Crippen LogP contribution in [0.3, 0.4) is 0 Å². The molecule has 96 valence electrons. The molecule has 18 heavy (non-hydrogen) atoms. The molecule has 0 spiro atoms. The molecule has 0 aliphatic carbocycles. The van der Waals surface area contributed by atoms with Crippen LogP contribution in [0.2, 0.25) is 0 Å². The first-order valence-corrected chi connectivity index (χ1v) is 6.73. The molecule has 1 aromatic heterocycles. The maximum absolute atomic E-state index is 12.1. The number of nitrogens with one attached hydrogen (secondary N) is 1. The summed E-state index contributed by atoms with van der Waals surface area (Å²) in [7, 11) is -3.66. The smallest absolute Gasteiger partial charge is 0.243 e. The van der Waals surface area contributed by atoms with Crippen molar-refractivity contribution in [3.05, 3.63) is 41.8 Å². The molecule has 0 saturated carbocycles. The first-order valence-electron chi connectivity index (χ1n) is 5.25. The third-order valence-electron chi connectivity index (χ3n) is 2.44. The summed E-state index contributed by atoms with van der Waals surface area (Å²) in [5.41, 5.74) is 6.52. The zero-order valence-corrected chi connectivity index (χ0v) is 10.6. The average molecular weight is 267 g/mol. The third kappa shape index (κ3) is 2.52. The number of aromatic nitrogens is 1. The first kappa shape index (κ1) is 12.6. The molecular formula is C11H13N3O3S. The molecule has 0 aliphatic heterocycles. The molecular weight excluding hydrogens is 254 g/mol. The fourth-order valence-corrected chi connectivity index (χ4v) is 2.96. The van der Waals surface area contributed by atoms with Gasteiger partial charge in [0.15, 0.2) is 5.76 Å². The highest BCUT2D eigenvalue weighted by Gasteiger charge is 2.19. The van der Waals surface area contributed by atoms with Crippen molar-refractivity contribution in [2.24, 2.45) is 0 Å². The lowest BCUT2D eigenvalue weighted by atomic mass is 10.2. The van der Waals surface area contributed by atoms with E-state index in [1.807, 2.05) is 0 Å². The highest BCUT2D eigenvalue weighted by molar-refractivity contribution is 7.89. The minimum Gasteiger partial charge on any atom is -0.398 e. The quantitative estimate of drug-likeness (QED) is 0.807. The molecule has 0 amide bonds. The second-order valence-electron chi connectivity index (χ2n) is 3.80. The van der Waals surface area contributed by atoms with Crippen molar-refractivity contribution < 1.29 is 12.9 Å². The molecule has 6 nitrogen and oxygen atoms in total. The summed E-state index contributed by atoms with van der Waals surface area (Å²) < 4.78 is 31.5. The normalized spacial score (nSPS) is 11.6. The van der Waals surface area contributed by atoms with Gasteiger partial charge >= 0.3 is 0 Å². The molecule has 0 bridgehead atoms. The predicted molar refractivity (Wildman–Crippen MR) is 66.1 cm³/mol. The molecule has 2 rings (SSSR count). The van der Waals surface area contributed by atoms with Crippen LogP contribution in [0.25, 0.3) is 0 Å². The zero-order chi connectivity index (χ0) is 13.2. The maximum atomic E-state index is 12.1. The van der Waals surface area contributed by atoms with Crippen LogP contribution in [0.1, 0.15) is 11.3 Å². The summed E-state index contributed by atoms with van der Waals surface area (Å²) in [4.78, 5) is 0.101. The number of anilines is 1. The largest absolute Gasteiger partial charge is 0.398 e. The van der Waals surface area contributed by atoms with Crippen LogP contribution in [0.4, 0.5) is 5.69 Å². The summed E-state index contributed by atoms with van der Waals surface area (Å²) in [6.45, 7) is 1.73. The Kier molecular flexibility index (Phi) is 3.35. The minimum absolute atomic E-state index is 0.0378. The maximum Gasteiger partial charge on any atom is 0.243 e. The van der Waals surface area contributed by atoms with Crippen LogP contribution in [0.5, 0.6) is 0 Å². The van der Waals surface area contributed by atoms with Crippen LogP contribution in [-0.2, 0) is 16.6 Å². The van der Waals surface area contributed by atoms with Crippen molar-refractivity contribution in [2.45, 2.75) is 18.4 Å². The lowest BCUT2D eigenvalue weighted by Gasteiger charge is -2.10. The van der Waals surface area contributed by atoms with Gasteiger partial charge in [-0.05, 0) is 18.6 Å². The van der Waals surface area contributed by atoms with E-state index in [-0.39, 0.29) is 17.1 Å². The van der Waals surface area contributed by atoms with E-state index >= 15 is 0 Å². The van der Waals surface area contributed by atoms with Gasteiger partial charge in [-0.1, -0.05) is 17.3 Å². The van der Waals surface area contributed by atoms with Gasteiger partial charge < -0.3 is 10.3 Å². The van der Waals surface area contributed by atoms with E-state index in [4.69, 9.17) is 10.3 Å². The van der Waals surface area contributed by atoms with Crippen LogP contribution >= 0.6 is 0 Å². The molecule has 0 radical (unpaired) electrons. The lowest BCUT2D eigenvalue weighted by Crippen LogP contribution is -2.24. The molecule has 0 unspecified atom stereocenters. The monoisotopic (exact) mass is 267 g/mol. The van der Waals surface area contributed by atoms with Gasteiger partial charge in [0.2, 0.25) is 10.0 Å². The molecule has 7 heteroatoms. The lowest BCUT2D eigenvalue weighted by molar-refractivity contribution is 0.380. The summed E-state index contributed by atoms with van der Waals surface area (Å²) in [5.74, 6) is 0.436. The van der Waals surface area contributed by atoms with E-state index in [9.17, 15) is 8.42 Å². The second-order valence-corrected chi connectivity index (χ2v) is 5.50. The Morgan fingerprint density at radius 1 is 1.39 bits per heavy atom. The van der Waals surface area contributed by atoms with Crippen LogP contribution in [0.15, 0.2) is 39.9 Å². The number of aryl methyl sites for hydroxylation is 1. The van der Waals surface area contributed by atoms with Crippen molar-refractivity contribution in [1.29, 1.82) is 0 Å². The minimum atomic E-state index is -3.66. The number of sulfonamides is 1. The van der Waals surface area contributed by atoms with Gasteiger partial charge in [0.1, 0.15) is 4.90 Å². The number of nitrogens with zero attached hydrogens (tertiary/aromatic N) is 1. The van der Waals surface area contributed by atoms with E-state index < -0.39 is 10.0 Å². The number of rotatable bonds is 4. The van der Waals surface area contributed by atoms with Crippen molar-refractivity contribution in [2.75, 3.05) is 5.73 Å². The fraction of sp³-hybridized carbons (Fsp3) is 0.182. The van der Waals surface area contributed by atoms with Gasteiger partial charge in [0.05, 0.1) is 18.4 Å². The summed E-state index contributed by atoms with van der Waals surface area (Å²) >= 11 is 0. The van der Waals surface area contributed by atoms with Gasteiger partial charge in [-0.2, -0.15) is 0 Å². The summed E-state index contributed by atoms with van der Waals surface area (Å²) in [5, 5.41) is 3.50. The molecule has 0 fully saturated rings. The Balaban J connectivity index is 2.26. The third-order valence-corrected chi connectivity index (χ3v) is 4.06. The molecule has 1 aromatic carbocycles. The number of nitrogen functional groups attached to an aromatic ring is 1.